The maximum atomic E-state index is 12.6. The molecule has 10 heteroatoms. The van der Waals surface area contributed by atoms with Crippen molar-refractivity contribution >= 4 is 22.5 Å². The highest BCUT2D eigenvalue weighted by Gasteiger charge is 2.31. The van der Waals surface area contributed by atoms with Gasteiger partial charge in [0.2, 0.25) is 0 Å². The highest BCUT2D eigenvalue weighted by atomic mass is 19.4. The number of phenols is 1. The fourth-order valence-electron chi connectivity index (χ4n) is 3.85. The van der Waals surface area contributed by atoms with E-state index in [4.69, 9.17) is 5.41 Å². The number of para-hydroxylation sites is 1. The van der Waals surface area contributed by atoms with Crippen molar-refractivity contribution in [2.75, 3.05) is 0 Å². The summed E-state index contributed by atoms with van der Waals surface area (Å²) in [5, 5.41) is 22.4. The van der Waals surface area contributed by atoms with Gasteiger partial charge in [-0.05, 0) is 55.8 Å². The van der Waals surface area contributed by atoms with Gasteiger partial charge in [0.1, 0.15) is 11.5 Å². The SMILES string of the molecule is Cc1ccc2c(C(=N)C[C@@H](C)NC(=O)c3cccc(OC(F)(F)F)c3)nc(-c3ccccc3O)nc2c1. The predicted molar refractivity (Wildman–Crippen MR) is 133 cm³/mol. The summed E-state index contributed by atoms with van der Waals surface area (Å²) >= 11 is 0. The lowest BCUT2D eigenvalue weighted by Crippen LogP contribution is -2.34. The number of carbonyl (C=O) groups is 1. The Labute approximate surface area is 210 Å². The molecule has 3 N–H and O–H groups in total. The van der Waals surface area contributed by atoms with E-state index in [0.717, 1.165) is 17.7 Å². The molecule has 0 saturated heterocycles. The second-order valence-electron chi connectivity index (χ2n) is 8.57. The molecule has 0 bridgehead atoms. The summed E-state index contributed by atoms with van der Waals surface area (Å²) in [6.07, 6.45) is -4.78. The number of hydrogen-bond donors (Lipinski definition) is 3. The molecular formula is C27H23F3N4O3. The highest BCUT2D eigenvalue weighted by Crippen LogP contribution is 2.29. The van der Waals surface area contributed by atoms with Crippen molar-refractivity contribution in [3.8, 4) is 22.9 Å². The Hall–Kier alpha value is -4.47. The van der Waals surface area contributed by atoms with E-state index in [1.807, 2.05) is 25.1 Å². The standard InChI is InChI=1S/C27H23F3N4O3/c1-15-10-11-19-22(12-15)33-25(20-8-3-4-9-23(20)35)34-24(19)21(31)13-16(2)32-26(36)17-6-5-7-18(14-17)37-27(28,29)30/h3-12,14,16,31,35H,13H2,1-2H3,(H,32,36)/t16-/m1/s1. The molecule has 1 amide bonds. The third-order valence-corrected chi connectivity index (χ3v) is 5.50. The van der Waals surface area contributed by atoms with Gasteiger partial charge in [-0.2, -0.15) is 0 Å². The average molecular weight is 509 g/mol. The molecule has 4 aromatic rings. The normalized spacial score (nSPS) is 12.2. The van der Waals surface area contributed by atoms with Crippen molar-refractivity contribution < 1.29 is 27.8 Å². The number of benzene rings is 3. The monoisotopic (exact) mass is 508 g/mol. The number of nitrogens with zero attached hydrogens (tertiary/aromatic N) is 2. The molecule has 190 valence electrons. The van der Waals surface area contributed by atoms with Gasteiger partial charge < -0.3 is 20.6 Å². The van der Waals surface area contributed by atoms with Crippen molar-refractivity contribution in [3.63, 3.8) is 0 Å². The zero-order chi connectivity index (χ0) is 26.7. The van der Waals surface area contributed by atoms with Gasteiger partial charge in [0.05, 0.1) is 22.5 Å². The number of amides is 1. The Morgan fingerprint density at radius 2 is 1.84 bits per heavy atom. The van der Waals surface area contributed by atoms with E-state index in [1.54, 1.807) is 25.1 Å². The maximum Gasteiger partial charge on any atom is 0.573 e. The third kappa shape index (κ3) is 6.21. The Morgan fingerprint density at radius 1 is 1.08 bits per heavy atom. The third-order valence-electron chi connectivity index (χ3n) is 5.50. The number of alkyl halides is 3. The minimum Gasteiger partial charge on any atom is -0.507 e. The number of aryl methyl sites for hydroxylation is 1. The van der Waals surface area contributed by atoms with Gasteiger partial charge in [0.25, 0.3) is 5.91 Å². The topological polar surface area (TPSA) is 108 Å². The van der Waals surface area contributed by atoms with E-state index in [-0.39, 0.29) is 29.3 Å². The van der Waals surface area contributed by atoms with Crippen LogP contribution in [-0.4, -0.2) is 39.1 Å². The summed E-state index contributed by atoms with van der Waals surface area (Å²) in [5.41, 5.74) is 2.45. The van der Waals surface area contributed by atoms with Crippen molar-refractivity contribution in [1.29, 1.82) is 5.41 Å². The van der Waals surface area contributed by atoms with E-state index in [1.165, 1.54) is 18.2 Å². The molecule has 0 fully saturated rings. The number of aromatic hydroxyl groups is 1. The number of carbonyl (C=O) groups excluding carboxylic acids is 1. The van der Waals surface area contributed by atoms with Crippen LogP contribution in [0, 0.1) is 12.3 Å². The van der Waals surface area contributed by atoms with Crippen LogP contribution in [0.1, 0.15) is 35.0 Å². The molecule has 37 heavy (non-hydrogen) atoms. The first-order chi connectivity index (χ1) is 17.5. The number of rotatable bonds is 7. The van der Waals surface area contributed by atoms with E-state index in [0.29, 0.717) is 22.2 Å². The summed E-state index contributed by atoms with van der Waals surface area (Å²) in [4.78, 5) is 21.8. The molecule has 0 aliphatic rings. The molecule has 4 rings (SSSR count). The molecular weight excluding hydrogens is 485 g/mol. The number of ether oxygens (including phenoxy) is 1. The zero-order valence-electron chi connectivity index (χ0n) is 19.9. The molecule has 0 saturated carbocycles. The van der Waals surface area contributed by atoms with Crippen LogP contribution in [0.15, 0.2) is 66.7 Å². The van der Waals surface area contributed by atoms with Gasteiger partial charge in [0, 0.05) is 23.4 Å². The molecule has 3 aromatic carbocycles. The average Bonchev–Trinajstić information content (AvgIpc) is 2.82. The lowest BCUT2D eigenvalue weighted by Gasteiger charge is -2.17. The molecule has 0 aliphatic heterocycles. The second kappa shape index (κ2) is 10.3. The number of fused-ring (bicyclic) bond motifs is 1. The quantitative estimate of drug-likeness (QED) is 0.274. The number of nitrogens with one attached hydrogen (secondary N) is 2. The van der Waals surface area contributed by atoms with E-state index in [2.05, 4.69) is 20.0 Å². The van der Waals surface area contributed by atoms with Crippen molar-refractivity contribution in [2.45, 2.75) is 32.7 Å². The van der Waals surface area contributed by atoms with Gasteiger partial charge in [0.15, 0.2) is 5.82 Å². The number of hydrogen-bond acceptors (Lipinski definition) is 6. The van der Waals surface area contributed by atoms with Gasteiger partial charge in [-0.3, -0.25) is 4.79 Å². The smallest absolute Gasteiger partial charge is 0.507 e. The lowest BCUT2D eigenvalue weighted by molar-refractivity contribution is -0.274. The first-order valence-electron chi connectivity index (χ1n) is 11.3. The Bertz CT molecular complexity index is 1490. The predicted octanol–water partition coefficient (Wildman–Crippen LogP) is 5.79. The van der Waals surface area contributed by atoms with Crippen LogP contribution in [0.4, 0.5) is 13.2 Å². The molecule has 1 atom stereocenters. The van der Waals surface area contributed by atoms with Gasteiger partial charge in [-0.25, -0.2) is 9.97 Å². The van der Waals surface area contributed by atoms with Crippen LogP contribution < -0.4 is 10.1 Å². The van der Waals surface area contributed by atoms with E-state index >= 15 is 0 Å². The highest BCUT2D eigenvalue weighted by molar-refractivity contribution is 6.08. The molecule has 0 radical (unpaired) electrons. The van der Waals surface area contributed by atoms with E-state index in [9.17, 15) is 23.1 Å². The fraction of sp³-hybridized carbons (Fsp3) is 0.185. The van der Waals surface area contributed by atoms with Crippen LogP contribution in [0.3, 0.4) is 0 Å². The lowest BCUT2D eigenvalue weighted by atomic mass is 10.0. The Balaban J connectivity index is 1.57. The molecule has 0 unspecified atom stereocenters. The Morgan fingerprint density at radius 3 is 2.57 bits per heavy atom. The van der Waals surface area contributed by atoms with Crippen LogP contribution in [0.25, 0.3) is 22.3 Å². The minimum absolute atomic E-state index is 0.00403. The number of halogens is 3. The van der Waals surface area contributed by atoms with Crippen LogP contribution in [0.5, 0.6) is 11.5 Å². The van der Waals surface area contributed by atoms with Crippen molar-refractivity contribution in [1.82, 2.24) is 15.3 Å². The summed E-state index contributed by atoms with van der Waals surface area (Å²) < 4.78 is 41.4. The molecule has 1 heterocycles. The minimum atomic E-state index is -4.87. The summed E-state index contributed by atoms with van der Waals surface area (Å²) in [6.45, 7) is 3.60. The first-order valence-corrected chi connectivity index (χ1v) is 11.3. The van der Waals surface area contributed by atoms with Crippen molar-refractivity contribution in [2.24, 2.45) is 0 Å². The van der Waals surface area contributed by atoms with Gasteiger partial charge >= 0.3 is 6.36 Å². The summed E-state index contributed by atoms with van der Waals surface area (Å²) in [6, 6.07) is 16.4. The maximum absolute atomic E-state index is 12.6. The second-order valence-corrected chi connectivity index (χ2v) is 8.57. The fourth-order valence-corrected chi connectivity index (χ4v) is 3.85. The molecule has 1 aromatic heterocycles. The Kier molecular flexibility index (Phi) is 7.10. The van der Waals surface area contributed by atoms with Crippen molar-refractivity contribution in [3.05, 3.63) is 83.6 Å². The number of phenolic OH excluding ortho intramolecular Hbond substituents is 1. The van der Waals surface area contributed by atoms with Crippen LogP contribution >= 0.6 is 0 Å². The summed E-state index contributed by atoms with van der Waals surface area (Å²) in [5.74, 6) is -0.843. The van der Waals surface area contributed by atoms with Crippen LogP contribution in [0.2, 0.25) is 0 Å². The van der Waals surface area contributed by atoms with E-state index < -0.39 is 24.1 Å². The van der Waals surface area contributed by atoms with Gasteiger partial charge in [-0.15, -0.1) is 13.2 Å². The zero-order valence-corrected chi connectivity index (χ0v) is 19.9. The molecule has 7 nitrogen and oxygen atoms in total. The number of aromatic nitrogens is 2. The van der Waals surface area contributed by atoms with Crippen LogP contribution in [-0.2, 0) is 0 Å². The molecule has 0 spiro atoms. The first kappa shape index (κ1) is 25.6. The van der Waals surface area contributed by atoms with Gasteiger partial charge in [-0.1, -0.05) is 30.3 Å². The largest absolute Gasteiger partial charge is 0.573 e. The summed E-state index contributed by atoms with van der Waals surface area (Å²) in [7, 11) is 0. The molecule has 0 aliphatic carbocycles.